The topological polar surface area (TPSA) is 176 Å². The van der Waals surface area contributed by atoms with Crippen molar-refractivity contribution in [3.8, 4) is 0 Å². The summed E-state index contributed by atoms with van der Waals surface area (Å²) in [6, 6.07) is 0. The molecule has 3 aliphatic heterocycles. The third-order valence-electron chi connectivity index (χ3n) is 8.39. The van der Waals surface area contributed by atoms with Gasteiger partial charge in [0, 0.05) is 70.9 Å². The fraction of sp³-hybridized carbons (Fsp3) is 0.966. The van der Waals surface area contributed by atoms with Crippen molar-refractivity contribution in [3.63, 3.8) is 0 Å². The normalized spacial score (nSPS) is 41.8. The highest BCUT2D eigenvalue weighted by Gasteiger charge is 2.56. The summed E-state index contributed by atoms with van der Waals surface area (Å²) in [6.07, 6.45) is -12.8. The quantitative estimate of drug-likeness (QED) is 0.184. The third-order valence-corrected chi connectivity index (χ3v) is 8.39. The Morgan fingerprint density at radius 1 is 0.500 bits per heavy atom. The van der Waals surface area contributed by atoms with E-state index in [0.717, 1.165) is 0 Å². The summed E-state index contributed by atoms with van der Waals surface area (Å²) in [6.45, 7) is 1.29. The lowest BCUT2D eigenvalue weighted by Crippen LogP contribution is -2.67. The molecule has 0 aliphatic carbocycles. The van der Waals surface area contributed by atoms with Crippen LogP contribution in [0.4, 0.5) is 0 Å². The van der Waals surface area contributed by atoms with Gasteiger partial charge in [0.05, 0.1) is 13.2 Å². The van der Waals surface area contributed by atoms with E-state index >= 15 is 0 Å². The third kappa shape index (κ3) is 8.90. The highest BCUT2D eigenvalue weighted by Crippen LogP contribution is 2.36. The van der Waals surface area contributed by atoms with Crippen LogP contribution in [0.2, 0.25) is 0 Å². The first-order valence-corrected chi connectivity index (χ1v) is 14.9. The van der Waals surface area contributed by atoms with Crippen LogP contribution in [0, 0.1) is 0 Å². The summed E-state index contributed by atoms with van der Waals surface area (Å²) < 4.78 is 87.9. The van der Waals surface area contributed by atoms with E-state index in [0.29, 0.717) is 0 Å². The molecular formula is C29H52O17. The molecule has 0 aromatic heterocycles. The molecule has 0 radical (unpaired) electrons. The molecule has 0 aromatic carbocycles. The maximum atomic E-state index is 11.6. The maximum absolute atomic E-state index is 11.6. The minimum absolute atomic E-state index is 0.0618. The molecule has 3 saturated heterocycles. The second-order valence-corrected chi connectivity index (χ2v) is 11.0. The Balaban J connectivity index is 1.93. The van der Waals surface area contributed by atoms with Gasteiger partial charge in [-0.15, -0.1) is 0 Å². The molecule has 17 nitrogen and oxygen atoms in total. The minimum atomic E-state index is -1.38. The van der Waals surface area contributed by atoms with E-state index in [-0.39, 0.29) is 19.8 Å². The zero-order valence-corrected chi connectivity index (χ0v) is 28.3. The van der Waals surface area contributed by atoms with Crippen LogP contribution >= 0.6 is 0 Å². The average molecular weight is 673 g/mol. The molecule has 3 rings (SSSR count). The standard InChI is InChI=1S/C29H52O17/c1-14(30)41-13-17-20(22(36-6)24(38-8)27(31)42-17)46-29-26(40-10)23(37-7)19(16(44-29)12-33-3)45-28-25(39-9)21(35-5)18(34-4)15(43-28)11-32-2/h15-29,31H,11-13H2,1-10H3/t15-,16-,17?,18+,19+,20+,21?,22+,23?,24?,25?,26?,27+,28+,29-/m0/s1. The van der Waals surface area contributed by atoms with Gasteiger partial charge < -0.3 is 76.2 Å². The van der Waals surface area contributed by atoms with E-state index in [4.69, 9.17) is 71.1 Å². The molecule has 17 heteroatoms. The van der Waals surface area contributed by atoms with Gasteiger partial charge in [-0.1, -0.05) is 0 Å². The molecule has 3 aliphatic rings. The first kappa shape index (κ1) is 39.3. The van der Waals surface area contributed by atoms with Crippen LogP contribution in [0.5, 0.6) is 0 Å². The van der Waals surface area contributed by atoms with E-state index < -0.39 is 98.1 Å². The molecule has 0 aromatic rings. The Bertz CT molecular complexity index is 883. The molecular weight excluding hydrogens is 620 g/mol. The number of methoxy groups -OCH3 is 9. The van der Waals surface area contributed by atoms with Crippen molar-refractivity contribution in [3.05, 3.63) is 0 Å². The summed E-state index contributed by atoms with van der Waals surface area (Å²) in [5.41, 5.74) is 0. The molecule has 15 atom stereocenters. The Hall–Kier alpha value is -1.13. The van der Waals surface area contributed by atoms with Gasteiger partial charge in [0.15, 0.2) is 18.9 Å². The summed E-state index contributed by atoms with van der Waals surface area (Å²) >= 11 is 0. The van der Waals surface area contributed by atoms with E-state index in [1.54, 1.807) is 21.3 Å². The van der Waals surface area contributed by atoms with Crippen molar-refractivity contribution < 1.29 is 81.0 Å². The lowest BCUT2D eigenvalue weighted by Gasteiger charge is -2.50. The predicted molar refractivity (Wildman–Crippen MR) is 154 cm³/mol. The molecule has 6 unspecified atom stereocenters. The number of carbonyl (C=O) groups is 1. The van der Waals surface area contributed by atoms with Crippen LogP contribution < -0.4 is 0 Å². The van der Waals surface area contributed by atoms with Gasteiger partial charge in [0.25, 0.3) is 0 Å². The fourth-order valence-corrected chi connectivity index (χ4v) is 6.28. The van der Waals surface area contributed by atoms with Gasteiger partial charge in [-0.3, -0.25) is 4.79 Å². The van der Waals surface area contributed by atoms with Crippen molar-refractivity contribution >= 4 is 5.97 Å². The second kappa shape index (κ2) is 19.2. The summed E-state index contributed by atoms with van der Waals surface area (Å²) in [4.78, 5) is 11.6. The zero-order chi connectivity index (χ0) is 34.0. The van der Waals surface area contributed by atoms with Gasteiger partial charge in [0.1, 0.15) is 79.9 Å². The number of aliphatic hydroxyl groups is 1. The van der Waals surface area contributed by atoms with Gasteiger partial charge in [-0.25, -0.2) is 0 Å². The Labute approximate surface area is 270 Å². The number of aliphatic hydroxyl groups excluding tert-OH is 1. The largest absolute Gasteiger partial charge is 0.463 e. The molecule has 1 N–H and O–H groups in total. The van der Waals surface area contributed by atoms with Crippen molar-refractivity contribution in [2.75, 3.05) is 83.8 Å². The van der Waals surface area contributed by atoms with Crippen molar-refractivity contribution in [1.82, 2.24) is 0 Å². The van der Waals surface area contributed by atoms with Crippen molar-refractivity contribution in [1.29, 1.82) is 0 Å². The van der Waals surface area contributed by atoms with Crippen LogP contribution in [0.15, 0.2) is 0 Å². The molecule has 0 saturated carbocycles. The maximum Gasteiger partial charge on any atom is 0.302 e. The lowest BCUT2D eigenvalue weighted by atomic mass is 9.95. The monoisotopic (exact) mass is 672 g/mol. The van der Waals surface area contributed by atoms with E-state index in [2.05, 4.69) is 0 Å². The van der Waals surface area contributed by atoms with Crippen LogP contribution in [0.1, 0.15) is 6.92 Å². The van der Waals surface area contributed by atoms with Gasteiger partial charge in [-0.2, -0.15) is 0 Å². The number of ether oxygens (including phenoxy) is 15. The van der Waals surface area contributed by atoms with E-state index in [9.17, 15) is 9.90 Å². The Morgan fingerprint density at radius 2 is 0.870 bits per heavy atom. The highest BCUT2D eigenvalue weighted by atomic mass is 16.8. The number of carbonyl (C=O) groups excluding carboxylic acids is 1. The lowest BCUT2D eigenvalue weighted by molar-refractivity contribution is -0.384. The number of hydrogen-bond donors (Lipinski definition) is 1. The average Bonchev–Trinajstić information content (AvgIpc) is 3.04. The molecule has 0 spiro atoms. The zero-order valence-electron chi connectivity index (χ0n) is 28.3. The second-order valence-electron chi connectivity index (χ2n) is 11.0. The predicted octanol–water partition coefficient (Wildman–Crippen LogP) is -1.12. The molecule has 3 fully saturated rings. The van der Waals surface area contributed by atoms with Crippen LogP contribution in [0.3, 0.4) is 0 Å². The van der Waals surface area contributed by atoms with E-state index in [1.807, 2.05) is 0 Å². The van der Waals surface area contributed by atoms with Gasteiger partial charge >= 0.3 is 5.97 Å². The molecule has 3 heterocycles. The fourth-order valence-electron chi connectivity index (χ4n) is 6.28. The summed E-state index contributed by atoms with van der Waals surface area (Å²) in [5.74, 6) is -0.539. The van der Waals surface area contributed by atoms with Crippen molar-refractivity contribution in [2.24, 2.45) is 0 Å². The summed E-state index contributed by atoms with van der Waals surface area (Å²) in [5, 5.41) is 10.6. The molecule has 0 amide bonds. The van der Waals surface area contributed by atoms with Gasteiger partial charge in [-0.05, 0) is 0 Å². The van der Waals surface area contributed by atoms with Crippen LogP contribution in [-0.4, -0.2) is 187 Å². The Kier molecular flexibility index (Phi) is 16.4. The minimum Gasteiger partial charge on any atom is -0.463 e. The number of hydrogen-bond acceptors (Lipinski definition) is 17. The number of rotatable bonds is 17. The first-order valence-electron chi connectivity index (χ1n) is 14.9. The first-order chi connectivity index (χ1) is 22.2. The molecule has 46 heavy (non-hydrogen) atoms. The Morgan fingerprint density at radius 3 is 1.26 bits per heavy atom. The van der Waals surface area contributed by atoms with Crippen LogP contribution in [-0.2, 0) is 75.8 Å². The highest BCUT2D eigenvalue weighted by molar-refractivity contribution is 5.65. The van der Waals surface area contributed by atoms with E-state index in [1.165, 1.54) is 49.6 Å². The molecule has 270 valence electrons. The van der Waals surface area contributed by atoms with Crippen LogP contribution in [0.25, 0.3) is 0 Å². The number of esters is 1. The molecule has 0 bridgehead atoms. The smallest absolute Gasteiger partial charge is 0.302 e. The van der Waals surface area contributed by atoms with Crippen molar-refractivity contribution in [2.45, 2.75) is 99.0 Å². The van der Waals surface area contributed by atoms with Gasteiger partial charge in [0.2, 0.25) is 0 Å². The summed E-state index contributed by atoms with van der Waals surface area (Å²) in [7, 11) is 13.5. The SMILES string of the molecule is COC[C@@H]1O[C@H](O[C@H]2C(OC)C(OC)[C@H](O[C@@H]3C(COC(C)=O)O[C@@H](O)C(OC)[C@@H]3OC)O[C@H]2COC)C(OC)C(OC)[C@@H]1OC.